The van der Waals surface area contributed by atoms with Crippen LogP contribution in [0.25, 0.3) is 0 Å². The molecule has 1 aliphatic rings. The minimum atomic E-state index is -0.443. The standard InChI is InChI=1S/C13H19BrN2OS/c1-13(2,17-3)12-15-10(8-6-4-5-7-8)9(14)11(18)16-12/h8H,4-7H2,1-3H3,(H,15,16,18). The van der Waals surface area contributed by atoms with Gasteiger partial charge in [0.1, 0.15) is 16.1 Å². The normalized spacial score (nSPS) is 17.3. The Morgan fingerprint density at radius 3 is 2.56 bits per heavy atom. The van der Waals surface area contributed by atoms with Crippen LogP contribution in [0.4, 0.5) is 0 Å². The van der Waals surface area contributed by atoms with Gasteiger partial charge in [-0.05, 0) is 42.6 Å². The van der Waals surface area contributed by atoms with E-state index < -0.39 is 5.60 Å². The molecule has 3 nitrogen and oxygen atoms in total. The maximum absolute atomic E-state index is 5.48. The number of rotatable bonds is 3. The highest BCUT2D eigenvalue weighted by Crippen LogP contribution is 2.37. The molecule has 0 atom stereocenters. The van der Waals surface area contributed by atoms with Crippen molar-refractivity contribution in [2.24, 2.45) is 0 Å². The Kier molecular flexibility index (Phi) is 4.24. The monoisotopic (exact) mass is 330 g/mol. The summed E-state index contributed by atoms with van der Waals surface area (Å²) in [6.45, 7) is 3.99. The van der Waals surface area contributed by atoms with Gasteiger partial charge in [-0.25, -0.2) is 4.98 Å². The van der Waals surface area contributed by atoms with E-state index in [1.165, 1.54) is 31.4 Å². The second-order valence-electron chi connectivity index (χ2n) is 5.31. The van der Waals surface area contributed by atoms with E-state index in [-0.39, 0.29) is 0 Å². The molecule has 0 radical (unpaired) electrons. The highest BCUT2D eigenvalue weighted by atomic mass is 79.9. The molecule has 1 aromatic rings. The lowest BCUT2D eigenvalue weighted by molar-refractivity contribution is 0.0111. The first-order valence-corrected chi connectivity index (χ1v) is 7.51. The maximum Gasteiger partial charge on any atom is 0.144 e. The number of nitrogens with one attached hydrogen (secondary N) is 1. The third kappa shape index (κ3) is 2.68. The van der Waals surface area contributed by atoms with E-state index >= 15 is 0 Å². The predicted molar refractivity (Wildman–Crippen MR) is 78.4 cm³/mol. The molecule has 1 N–H and O–H groups in total. The zero-order chi connectivity index (χ0) is 13.3. The van der Waals surface area contributed by atoms with Gasteiger partial charge in [-0.1, -0.05) is 25.1 Å². The van der Waals surface area contributed by atoms with Crippen LogP contribution < -0.4 is 0 Å². The summed E-state index contributed by atoms with van der Waals surface area (Å²) in [5, 5.41) is 0. The number of ether oxygens (including phenoxy) is 1. The molecule has 0 spiro atoms. The lowest BCUT2D eigenvalue weighted by atomic mass is 10.0. The second kappa shape index (κ2) is 5.39. The van der Waals surface area contributed by atoms with Crippen molar-refractivity contribution in [2.45, 2.75) is 51.0 Å². The number of methoxy groups -OCH3 is 1. The van der Waals surface area contributed by atoms with E-state index in [1.807, 2.05) is 13.8 Å². The number of hydrogen-bond donors (Lipinski definition) is 1. The predicted octanol–water partition coefficient (Wildman–Crippen LogP) is 4.44. The van der Waals surface area contributed by atoms with Crippen LogP contribution in [-0.4, -0.2) is 17.1 Å². The summed E-state index contributed by atoms with van der Waals surface area (Å²) in [6, 6.07) is 0. The van der Waals surface area contributed by atoms with Crippen molar-refractivity contribution >= 4 is 28.1 Å². The van der Waals surface area contributed by atoms with Crippen molar-refractivity contribution in [3.8, 4) is 0 Å². The van der Waals surface area contributed by atoms with E-state index in [0.29, 0.717) is 10.6 Å². The lowest BCUT2D eigenvalue weighted by Crippen LogP contribution is -2.24. The van der Waals surface area contributed by atoms with Crippen molar-refractivity contribution in [1.29, 1.82) is 0 Å². The van der Waals surface area contributed by atoms with Gasteiger partial charge in [0, 0.05) is 18.7 Å². The Morgan fingerprint density at radius 2 is 2.00 bits per heavy atom. The molecule has 1 heterocycles. The summed E-state index contributed by atoms with van der Waals surface area (Å²) >= 11 is 8.92. The van der Waals surface area contributed by atoms with Crippen LogP contribution in [0.3, 0.4) is 0 Å². The summed E-state index contributed by atoms with van der Waals surface area (Å²) in [6.07, 6.45) is 5.04. The molecule has 1 fully saturated rings. The molecule has 0 aromatic carbocycles. The topological polar surface area (TPSA) is 37.9 Å². The summed E-state index contributed by atoms with van der Waals surface area (Å²) in [4.78, 5) is 7.87. The van der Waals surface area contributed by atoms with E-state index in [4.69, 9.17) is 17.0 Å². The zero-order valence-corrected chi connectivity index (χ0v) is 13.4. The molecule has 1 saturated carbocycles. The van der Waals surface area contributed by atoms with Gasteiger partial charge >= 0.3 is 0 Å². The Balaban J connectivity index is 2.49. The van der Waals surface area contributed by atoms with Gasteiger partial charge in [-0.3, -0.25) is 0 Å². The Bertz CT molecular complexity index is 492. The highest BCUT2D eigenvalue weighted by Gasteiger charge is 2.27. The SMILES string of the molecule is COC(C)(C)c1nc(=S)c(Br)c(C2CCCC2)[nH]1. The first kappa shape index (κ1) is 14.2. The Morgan fingerprint density at radius 1 is 1.39 bits per heavy atom. The summed E-state index contributed by atoms with van der Waals surface area (Å²) < 4.78 is 7.05. The van der Waals surface area contributed by atoms with Gasteiger partial charge < -0.3 is 9.72 Å². The third-order valence-corrected chi connectivity index (χ3v) is 5.10. The number of halogens is 1. The molecule has 100 valence electrons. The van der Waals surface area contributed by atoms with E-state index in [0.717, 1.165) is 10.3 Å². The summed E-state index contributed by atoms with van der Waals surface area (Å²) in [7, 11) is 1.69. The van der Waals surface area contributed by atoms with Gasteiger partial charge in [0.25, 0.3) is 0 Å². The second-order valence-corrected chi connectivity index (χ2v) is 6.49. The van der Waals surface area contributed by atoms with Crippen molar-refractivity contribution < 1.29 is 4.74 Å². The minimum absolute atomic E-state index is 0.443. The molecule has 0 unspecified atom stereocenters. The quantitative estimate of drug-likeness (QED) is 0.832. The average molecular weight is 331 g/mol. The molecule has 18 heavy (non-hydrogen) atoms. The molecular weight excluding hydrogens is 312 g/mol. The number of H-pyrrole nitrogens is 1. The zero-order valence-electron chi connectivity index (χ0n) is 11.0. The van der Waals surface area contributed by atoms with Gasteiger partial charge in [0.05, 0.1) is 4.47 Å². The Labute approximate surface area is 121 Å². The number of aromatic nitrogens is 2. The maximum atomic E-state index is 5.48. The van der Waals surface area contributed by atoms with Crippen LogP contribution in [0.2, 0.25) is 0 Å². The summed E-state index contributed by atoms with van der Waals surface area (Å²) in [5.74, 6) is 1.37. The highest BCUT2D eigenvalue weighted by molar-refractivity contribution is 9.10. The van der Waals surface area contributed by atoms with Crippen LogP contribution in [-0.2, 0) is 10.3 Å². The van der Waals surface area contributed by atoms with Crippen LogP contribution in [0.5, 0.6) is 0 Å². The van der Waals surface area contributed by atoms with Gasteiger partial charge in [-0.2, -0.15) is 0 Å². The molecule has 0 saturated heterocycles. The van der Waals surface area contributed by atoms with Gasteiger partial charge in [-0.15, -0.1) is 0 Å². The average Bonchev–Trinajstić information content (AvgIpc) is 2.85. The van der Waals surface area contributed by atoms with Crippen molar-refractivity contribution in [3.63, 3.8) is 0 Å². The molecular formula is C13H19BrN2OS. The number of hydrogen-bond acceptors (Lipinski definition) is 3. The molecule has 1 aromatic heterocycles. The fourth-order valence-corrected chi connectivity index (χ4v) is 3.07. The van der Waals surface area contributed by atoms with Crippen LogP contribution in [0, 0.1) is 4.64 Å². The molecule has 0 aliphatic heterocycles. The van der Waals surface area contributed by atoms with Crippen molar-refractivity contribution in [1.82, 2.24) is 9.97 Å². The van der Waals surface area contributed by atoms with Crippen LogP contribution in [0.15, 0.2) is 4.47 Å². The summed E-state index contributed by atoms with van der Waals surface area (Å²) in [5.41, 5.74) is 0.745. The number of nitrogens with zero attached hydrogens (tertiary/aromatic N) is 1. The molecule has 0 bridgehead atoms. The van der Waals surface area contributed by atoms with E-state index in [9.17, 15) is 0 Å². The van der Waals surface area contributed by atoms with E-state index in [2.05, 4.69) is 25.9 Å². The molecule has 5 heteroatoms. The van der Waals surface area contributed by atoms with Crippen molar-refractivity contribution in [2.75, 3.05) is 7.11 Å². The van der Waals surface area contributed by atoms with Crippen molar-refractivity contribution in [3.05, 3.63) is 20.6 Å². The molecule has 2 rings (SSSR count). The largest absolute Gasteiger partial charge is 0.371 e. The van der Waals surface area contributed by atoms with Gasteiger partial charge in [0.15, 0.2) is 0 Å². The third-order valence-electron chi connectivity index (χ3n) is 3.73. The van der Waals surface area contributed by atoms with Gasteiger partial charge in [0.2, 0.25) is 0 Å². The lowest BCUT2D eigenvalue weighted by Gasteiger charge is -2.24. The fourth-order valence-electron chi connectivity index (χ4n) is 2.35. The first-order valence-electron chi connectivity index (χ1n) is 6.31. The van der Waals surface area contributed by atoms with E-state index in [1.54, 1.807) is 7.11 Å². The number of aromatic amines is 1. The Hall–Kier alpha value is -0.260. The van der Waals surface area contributed by atoms with Crippen LogP contribution in [0.1, 0.15) is 57.0 Å². The molecule has 1 aliphatic carbocycles. The molecule has 0 amide bonds. The smallest absolute Gasteiger partial charge is 0.144 e. The fraction of sp³-hybridized carbons (Fsp3) is 0.692. The van der Waals surface area contributed by atoms with Crippen LogP contribution >= 0.6 is 28.1 Å². The minimum Gasteiger partial charge on any atom is -0.371 e. The first-order chi connectivity index (χ1) is 8.45.